The zero-order valence-corrected chi connectivity index (χ0v) is 19.7. The van der Waals surface area contributed by atoms with Crippen LogP contribution in [0.15, 0.2) is 0 Å². The molecule has 1 aliphatic rings. The van der Waals surface area contributed by atoms with Gasteiger partial charge in [-0.2, -0.15) is 0 Å². The molecule has 31 heavy (non-hydrogen) atoms. The maximum absolute atomic E-state index is 12.2. The summed E-state index contributed by atoms with van der Waals surface area (Å²) in [6.07, 6.45) is 13.7. The van der Waals surface area contributed by atoms with Crippen LogP contribution in [0.2, 0.25) is 0 Å². The van der Waals surface area contributed by atoms with E-state index in [9.17, 15) is 25.2 Å². The lowest BCUT2D eigenvalue weighted by Crippen LogP contribution is -2.58. The fraction of sp³-hybridized carbons (Fsp3) is 0.960. The smallest absolute Gasteiger partial charge is 0.135 e. The summed E-state index contributed by atoms with van der Waals surface area (Å²) < 4.78 is 5.40. The highest BCUT2D eigenvalue weighted by Crippen LogP contribution is 2.24. The van der Waals surface area contributed by atoms with E-state index in [2.05, 4.69) is 6.92 Å². The van der Waals surface area contributed by atoms with Crippen LogP contribution in [-0.2, 0) is 9.53 Å². The van der Waals surface area contributed by atoms with Gasteiger partial charge in [0.25, 0.3) is 0 Å². The molecule has 0 aromatic carbocycles. The molecule has 0 aromatic rings. The molecule has 0 amide bonds. The summed E-state index contributed by atoms with van der Waals surface area (Å²) in [6.45, 7) is 1.79. The normalized spacial score (nSPS) is 26.3. The van der Waals surface area contributed by atoms with Gasteiger partial charge in [0.2, 0.25) is 0 Å². The minimum absolute atomic E-state index is 0.0000501. The third-order valence-corrected chi connectivity index (χ3v) is 6.48. The Kier molecular flexibility index (Phi) is 16.5. The van der Waals surface area contributed by atoms with Crippen molar-refractivity contribution in [3.8, 4) is 0 Å². The zero-order chi connectivity index (χ0) is 22.9. The van der Waals surface area contributed by atoms with Gasteiger partial charge in [0.15, 0.2) is 0 Å². The predicted octanol–water partition coefficient (Wildman–Crippen LogP) is 4.05. The Labute approximate surface area is 189 Å². The number of ketones is 1. The van der Waals surface area contributed by atoms with Gasteiger partial charge in [0, 0.05) is 12.8 Å². The number of Topliss-reactive ketones (excluding diaryl/α,β-unsaturated/α-hetero) is 1. The zero-order valence-electron chi connectivity index (χ0n) is 19.7. The van der Waals surface area contributed by atoms with E-state index in [4.69, 9.17) is 4.74 Å². The second kappa shape index (κ2) is 18.0. The molecule has 6 heteroatoms. The Hall–Kier alpha value is -0.530. The number of rotatable bonds is 19. The molecule has 1 fully saturated rings. The molecule has 4 N–H and O–H groups in total. The third kappa shape index (κ3) is 12.3. The Morgan fingerprint density at radius 3 is 1.52 bits per heavy atom. The summed E-state index contributed by atoms with van der Waals surface area (Å²) in [6, 6.07) is 0. The molecular weight excluding hydrogens is 396 g/mol. The van der Waals surface area contributed by atoms with Crippen molar-refractivity contribution in [3.63, 3.8) is 0 Å². The minimum Gasteiger partial charge on any atom is -0.394 e. The van der Waals surface area contributed by atoms with E-state index < -0.39 is 37.1 Å². The molecule has 184 valence electrons. The van der Waals surface area contributed by atoms with E-state index >= 15 is 0 Å². The summed E-state index contributed by atoms with van der Waals surface area (Å²) in [5.74, 6) is -0.0148. The fourth-order valence-electron chi connectivity index (χ4n) is 4.37. The van der Waals surface area contributed by atoms with Gasteiger partial charge in [0.1, 0.15) is 30.2 Å². The molecule has 0 radical (unpaired) electrons. The predicted molar refractivity (Wildman–Crippen MR) is 123 cm³/mol. The second-order valence-electron chi connectivity index (χ2n) is 9.31. The van der Waals surface area contributed by atoms with Crippen LogP contribution in [0.5, 0.6) is 0 Å². The van der Waals surface area contributed by atoms with Gasteiger partial charge in [0.05, 0.1) is 12.7 Å². The number of carbonyl (C=O) groups is 1. The van der Waals surface area contributed by atoms with Gasteiger partial charge in [-0.25, -0.2) is 0 Å². The number of aliphatic hydroxyl groups is 4. The average Bonchev–Trinajstić information content (AvgIpc) is 2.76. The van der Waals surface area contributed by atoms with Crippen LogP contribution in [-0.4, -0.2) is 63.3 Å². The Morgan fingerprint density at radius 2 is 1.06 bits per heavy atom. The first-order valence-corrected chi connectivity index (χ1v) is 12.8. The molecule has 0 aliphatic carbocycles. The highest BCUT2D eigenvalue weighted by Gasteiger charge is 2.43. The van der Waals surface area contributed by atoms with E-state index in [-0.39, 0.29) is 12.2 Å². The Balaban J connectivity index is 1.95. The van der Waals surface area contributed by atoms with Crippen molar-refractivity contribution in [1.82, 2.24) is 0 Å². The summed E-state index contributed by atoms with van der Waals surface area (Å²) in [5.41, 5.74) is 0. The standard InChI is InChI=1S/C25H48O6/c1-2-3-4-5-6-7-8-9-10-11-12-13-14-15-16-17-20(27)18-21-23(28)25(30)24(29)22(19-26)31-21/h21-26,28-30H,2-19H2,1H3/t21-,22-,23+,24-,25-/m1/s1. The third-order valence-electron chi connectivity index (χ3n) is 6.48. The molecule has 0 bridgehead atoms. The van der Waals surface area contributed by atoms with Crippen molar-refractivity contribution in [3.05, 3.63) is 0 Å². The van der Waals surface area contributed by atoms with Crippen molar-refractivity contribution < 1.29 is 30.0 Å². The highest BCUT2D eigenvalue weighted by atomic mass is 16.5. The van der Waals surface area contributed by atoms with Gasteiger partial charge in [-0.05, 0) is 6.42 Å². The van der Waals surface area contributed by atoms with Gasteiger partial charge in [-0.1, -0.05) is 96.8 Å². The largest absolute Gasteiger partial charge is 0.394 e. The lowest BCUT2D eigenvalue weighted by Gasteiger charge is -2.39. The maximum Gasteiger partial charge on any atom is 0.135 e. The number of hydrogen-bond donors (Lipinski definition) is 4. The Morgan fingerprint density at radius 1 is 0.645 bits per heavy atom. The van der Waals surface area contributed by atoms with E-state index in [0.29, 0.717) is 6.42 Å². The second-order valence-corrected chi connectivity index (χ2v) is 9.31. The van der Waals surface area contributed by atoms with Crippen LogP contribution in [0, 0.1) is 0 Å². The summed E-state index contributed by atoms with van der Waals surface area (Å²) in [4.78, 5) is 12.2. The molecule has 1 saturated heterocycles. The molecule has 0 aromatic heterocycles. The molecule has 1 heterocycles. The number of hydrogen-bond acceptors (Lipinski definition) is 6. The van der Waals surface area contributed by atoms with Crippen LogP contribution in [0.4, 0.5) is 0 Å². The van der Waals surface area contributed by atoms with Crippen molar-refractivity contribution >= 4 is 5.78 Å². The van der Waals surface area contributed by atoms with Crippen LogP contribution in [0.25, 0.3) is 0 Å². The molecular formula is C25H48O6. The van der Waals surface area contributed by atoms with Gasteiger partial charge in [-0.3, -0.25) is 4.79 Å². The van der Waals surface area contributed by atoms with Crippen molar-refractivity contribution in [2.45, 2.75) is 147 Å². The minimum atomic E-state index is -1.41. The molecule has 1 rings (SSSR count). The van der Waals surface area contributed by atoms with Crippen LogP contribution in [0.3, 0.4) is 0 Å². The monoisotopic (exact) mass is 444 g/mol. The number of unbranched alkanes of at least 4 members (excludes halogenated alkanes) is 14. The van der Waals surface area contributed by atoms with Gasteiger partial charge >= 0.3 is 0 Å². The summed E-state index contributed by atoms with van der Waals surface area (Å²) in [7, 11) is 0. The van der Waals surface area contributed by atoms with Crippen molar-refractivity contribution in [2.24, 2.45) is 0 Å². The summed E-state index contributed by atoms with van der Waals surface area (Å²) in [5, 5.41) is 38.8. The Bertz CT molecular complexity index is 442. The highest BCUT2D eigenvalue weighted by molar-refractivity contribution is 5.78. The lowest BCUT2D eigenvalue weighted by atomic mass is 9.92. The van der Waals surface area contributed by atoms with Crippen molar-refractivity contribution in [1.29, 1.82) is 0 Å². The lowest BCUT2D eigenvalue weighted by molar-refractivity contribution is -0.229. The SMILES string of the molecule is CCCCCCCCCCCCCCCCCC(=O)C[C@H]1O[C@H](CO)[C@@H](O)[C@H](O)[C@H]1O. The van der Waals surface area contributed by atoms with E-state index in [1.165, 1.54) is 77.0 Å². The number of aliphatic hydroxyl groups excluding tert-OH is 4. The van der Waals surface area contributed by atoms with Crippen LogP contribution >= 0.6 is 0 Å². The first-order valence-electron chi connectivity index (χ1n) is 12.8. The van der Waals surface area contributed by atoms with Crippen LogP contribution < -0.4 is 0 Å². The first kappa shape index (κ1) is 28.5. The van der Waals surface area contributed by atoms with Gasteiger partial charge < -0.3 is 25.2 Å². The fourth-order valence-corrected chi connectivity index (χ4v) is 4.37. The topological polar surface area (TPSA) is 107 Å². The maximum atomic E-state index is 12.2. The molecule has 0 unspecified atom stereocenters. The van der Waals surface area contributed by atoms with Gasteiger partial charge in [-0.15, -0.1) is 0 Å². The van der Waals surface area contributed by atoms with Crippen LogP contribution in [0.1, 0.15) is 116 Å². The molecule has 1 aliphatic heterocycles. The summed E-state index contributed by atoms with van der Waals surface area (Å²) >= 11 is 0. The molecule has 5 atom stereocenters. The van der Waals surface area contributed by atoms with Crippen molar-refractivity contribution in [2.75, 3.05) is 6.61 Å². The number of ether oxygens (including phenoxy) is 1. The van der Waals surface area contributed by atoms with E-state index in [0.717, 1.165) is 19.3 Å². The molecule has 0 spiro atoms. The van der Waals surface area contributed by atoms with E-state index in [1.54, 1.807) is 0 Å². The first-order chi connectivity index (χ1) is 15.0. The molecule has 0 saturated carbocycles. The molecule has 6 nitrogen and oxygen atoms in total. The number of carbonyl (C=O) groups excluding carboxylic acids is 1. The van der Waals surface area contributed by atoms with E-state index in [1.807, 2.05) is 0 Å². The quantitative estimate of drug-likeness (QED) is 0.224. The average molecular weight is 445 g/mol.